The van der Waals surface area contributed by atoms with E-state index < -0.39 is 17.9 Å². The van der Waals surface area contributed by atoms with Crippen LogP contribution in [-0.2, 0) is 47.0 Å². The second-order valence-electron chi connectivity index (χ2n) is 4.31. The third kappa shape index (κ3) is 6.54. The smallest absolute Gasteiger partial charge is 0.534 e. The molecule has 1 rings (SSSR count). The monoisotopic (exact) mass is 368 g/mol. The van der Waals surface area contributed by atoms with Crippen molar-refractivity contribution in [2.75, 3.05) is 13.2 Å². The van der Waals surface area contributed by atoms with E-state index in [-0.39, 0.29) is 58.0 Å². The minimum Gasteiger partial charge on any atom is -0.534 e. The van der Waals surface area contributed by atoms with Gasteiger partial charge in [-0.1, -0.05) is 12.5 Å². The molecule has 1 atom stereocenters. The number of carbonyl (C=O) groups excluding carboxylic acids is 2. The second kappa shape index (κ2) is 9.87. The number of aryl methyl sites for hydroxylation is 1. The molecule has 0 radical (unpaired) electrons. The Morgan fingerprint density at radius 2 is 2.19 bits per heavy atom. The molecule has 1 aromatic rings. The van der Waals surface area contributed by atoms with Crippen LogP contribution >= 0.6 is 0 Å². The Bertz CT molecular complexity index is 494. The topological polar surface area (TPSA) is 102 Å². The standard InChI is InChI=1S/C14H19N2O4.Y/c1-3-20-14(19)7-11(16-13(18)8-15)10-6-9(2)4-5-12(10)17;/h4,6,11,17H,3,7-8,15H2,1-2H3,(H,16,18);/q-1;+3. The number of carbonyl (C=O) groups is 2. The van der Waals surface area contributed by atoms with Gasteiger partial charge in [-0.15, -0.1) is 6.07 Å². The molecular weight excluding hydrogens is 349 g/mol. The Labute approximate surface area is 149 Å². The summed E-state index contributed by atoms with van der Waals surface area (Å²) in [5, 5.41) is 12.4. The second-order valence-corrected chi connectivity index (χ2v) is 4.31. The zero-order valence-corrected chi connectivity index (χ0v) is 15.0. The molecule has 0 aliphatic heterocycles. The number of ether oxygens (including phenoxy) is 1. The van der Waals surface area contributed by atoms with E-state index in [2.05, 4.69) is 11.4 Å². The van der Waals surface area contributed by atoms with Crippen molar-refractivity contribution in [1.82, 2.24) is 5.32 Å². The van der Waals surface area contributed by atoms with Gasteiger partial charge in [-0.2, -0.15) is 17.7 Å². The molecule has 6 nitrogen and oxygen atoms in total. The summed E-state index contributed by atoms with van der Waals surface area (Å²) in [5.41, 5.74) is 6.53. The molecule has 1 amide bonds. The van der Waals surface area contributed by atoms with E-state index in [4.69, 9.17) is 10.5 Å². The van der Waals surface area contributed by atoms with Gasteiger partial charge in [0.25, 0.3) is 0 Å². The Kier molecular flexibility index (Phi) is 9.41. The van der Waals surface area contributed by atoms with Gasteiger partial charge in [0.2, 0.25) is 5.91 Å². The number of nitrogens with one attached hydrogen (secondary N) is 1. The average molecular weight is 368 g/mol. The number of hydrogen-bond donors (Lipinski definition) is 3. The van der Waals surface area contributed by atoms with E-state index in [9.17, 15) is 14.7 Å². The Balaban J connectivity index is 0.00000400. The molecule has 110 valence electrons. The molecule has 0 saturated carbocycles. The predicted octanol–water partition coefficient (Wildman–Crippen LogP) is 0.568. The minimum atomic E-state index is -0.693. The summed E-state index contributed by atoms with van der Waals surface area (Å²) in [7, 11) is 0. The molecule has 21 heavy (non-hydrogen) atoms. The molecule has 0 aliphatic rings. The number of rotatable bonds is 6. The fraction of sp³-hybridized carbons (Fsp3) is 0.429. The van der Waals surface area contributed by atoms with E-state index in [1.807, 2.05) is 6.92 Å². The zero-order valence-electron chi connectivity index (χ0n) is 12.2. The Morgan fingerprint density at radius 1 is 1.52 bits per heavy atom. The van der Waals surface area contributed by atoms with Gasteiger partial charge >= 0.3 is 38.7 Å². The van der Waals surface area contributed by atoms with Crippen molar-refractivity contribution >= 4 is 11.9 Å². The molecule has 4 N–H and O–H groups in total. The molecule has 0 aliphatic carbocycles. The fourth-order valence-corrected chi connectivity index (χ4v) is 1.77. The molecule has 0 spiro atoms. The fourth-order valence-electron chi connectivity index (χ4n) is 1.77. The van der Waals surface area contributed by atoms with Crippen LogP contribution in [0.4, 0.5) is 0 Å². The van der Waals surface area contributed by atoms with Gasteiger partial charge in [0, 0.05) is 11.8 Å². The van der Waals surface area contributed by atoms with Gasteiger partial charge < -0.3 is 20.9 Å². The van der Waals surface area contributed by atoms with Gasteiger partial charge in [0.1, 0.15) is 0 Å². The number of phenols is 1. The SMILES string of the molecule is CCOC(=O)CC(NC(=O)CN)c1cc(C)c[c-]c1O.[Y+3]. The maximum absolute atomic E-state index is 11.6. The molecule has 0 fully saturated rings. The van der Waals surface area contributed by atoms with Gasteiger partial charge in [-0.3, -0.25) is 9.59 Å². The normalized spacial score (nSPS) is 11.2. The van der Waals surface area contributed by atoms with Crippen LogP contribution in [0.15, 0.2) is 12.1 Å². The molecule has 0 heterocycles. The van der Waals surface area contributed by atoms with E-state index in [1.54, 1.807) is 19.1 Å². The van der Waals surface area contributed by atoms with Crippen molar-refractivity contribution in [3.63, 3.8) is 0 Å². The molecule has 7 heteroatoms. The summed E-state index contributed by atoms with van der Waals surface area (Å²) in [4.78, 5) is 23.0. The van der Waals surface area contributed by atoms with Crippen LogP contribution in [0.5, 0.6) is 5.75 Å². The summed E-state index contributed by atoms with van der Waals surface area (Å²) in [6.45, 7) is 3.58. The summed E-state index contributed by atoms with van der Waals surface area (Å²) in [5.74, 6) is -0.988. The van der Waals surface area contributed by atoms with Crippen LogP contribution in [0.2, 0.25) is 0 Å². The van der Waals surface area contributed by atoms with Crippen molar-refractivity contribution in [3.8, 4) is 5.75 Å². The van der Waals surface area contributed by atoms with Gasteiger partial charge in [0.15, 0.2) is 0 Å². The molecule has 0 bridgehead atoms. The summed E-state index contributed by atoms with van der Waals surface area (Å²) in [6, 6.07) is 5.28. The first-order chi connectivity index (χ1) is 9.47. The van der Waals surface area contributed by atoms with Gasteiger partial charge in [0.05, 0.1) is 19.6 Å². The van der Waals surface area contributed by atoms with Crippen LogP contribution in [0.3, 0.4) is 0 Å². The predicted molar refractivity (Wildman–Crippen MR) is 72.9 cm³/mol. The number of aromatic hydroxyl groups is 1. The number of esters is 1. The number of amides is 1. The molecule has 1 aromatic carbocycles. The van der Waals surface area contributed by atoms with Crippen LogP contribution in [0.1, 0.15) is 30.5 Å². The van der Waals surface area contributed by atoms with Crippen LogP contribution in [-0.4, -0.2) is 30.1 Å². The third-order valence-corrected chi connectivity index (χ3v) is 2.67. The average Bonchev–Trinajstić information content (AvgIpc) is 2.41. The van der Waals surface area contributed by atoms with Crippen molar-refractivity contribution in [3.05, 3.63) is 29.3 Å². The summed E-state index contributed by atoms with van der Waals surface area (Å²) >= 11 is 0. The molecule has 1 unspecified atom stereocenters. The maximum Gasteiger partial charge on any atom is 3.00 e. The first-order valence-electron chi connectivity index (χ1n) is 6.34. The first-order valence-corrected chi connectivity index (χ1v) is 6.34. The number of hydrogen-bond acceptors (Lipinski definition) is 5. The van der Waals surface area contributed by atoms with Gasteiger partial charge in [-0.25, -0.2) is 0 Å². The summed E-state index contributed by atoms with van der Waals surface area (Å²) in [6.07, 6.45) is -0.0789. The Hall–Kier alpha value is -0.976. The maximum atomic E-state index is 11.6. The molecular formula is C14H19N2O4Y+2. The van der Waals surface area contributed by atoms with Crippen LogP contribution in [0, 0.1) is 13.0 Å². The number of phenolic OH excluding ortho intramolecular Hbond substituents is 1. The van der Waals surface area contributed by atoms with E-state index in [1.165, 1.54) is 0 Å². The zero-order chi connectivity index (χ0) is 15.1. The number of nitrogens with two attached hydrogens (primary N) is 1. The Morgan fingerprint density at radius 3 is 2.76 bits per heavy atom. The molecule has 0 saturated heterocycles. The van der Waals surface area contributed by atoms with E-state index in [0.29, 0.717) is 5.56 Å². The van der Waals surface area contributed by atoms with Crippen molar-refractivity contribution < 1.29 is 52.1 Å². The largest absolute Gasteiger partial charge is 3.00 e. The summed E-state index contributed by atoms with van der Waals surface area (Å²) < 4.78 is 4.87. The molecule has 0 aromatic heterocycles. The third-order valence-electron chi connectivity index (χ3n) is 2.67. The van der Waals surface area contributed by atoms with E-state index >= 15 is 0 Å². The van der Waals surface area contributed by atoms with Crippen molar-refractivity contribution in [2.45, 2.75) is 26.3 Å². The van der Waals surface area contributed by atoms with Gasteiger partial charge in [-0.05, 0) is 6.92 Å². The van der Waals surface area contributed by atoms with Crippen LogP contribution < -0.4 is 11.1 Å². The van der Waals surface area contributed by atoms with Crippen molar-refractivity contribution in [1.29, 1.82) is 0 Å². The van der Waals surface area contributed by atoms with Crippen LogP contribution in [0.25, 0.3) is 0 Å². The van der Waals surface area contributed by atoms with E-state index in [0.717, 1.165) is 5.56 Å². The minimum absolute atomic E-state index is 0. The first kappa shape index (κ1) is 20.0. The van der Waals surface area contributed by atoms with Crippen molar-refractivity contribution in [2.24, 2.45) is 5.73 Å². The number of benzene rings is 1. The quantitative estimate of drug-likeness (QED) is 0.503.